The second-order valence-corrected chi connectivity index (χ2v) is 3.65. The molecule has 0 heterocycles. The van der Waals surface area contributed by atoms with Crippen molar-refractivity contribution in [3.8, 4) is 0 Å². The van der Waals surface area contributed by atoms with E-state index in [2.05, 4.69) is 4.72 Å². The summed E-state index contributed by atoms with van der Waals surface area (Å²) < 4.78 is 3.82. The van der Waals surface area contributed by atoms with E-state index in [0.29, 0.717) is 0 Å². The minimum atomic E-state index is 0.883. The lowest BCUT2D eigenvalue weighted by Crippen LogP contribution is -1.99. The van der Waals surface area contributed by atoms with E-state index in [1.807, 2.05) is 37.4 Å². The molecule has 0 saturated carbocycles. The lowest BCUT2D eigenvalue weighted by molar-refractivity contribution is 1.31. The summed E-state index contributed by atoms with van der Waals surface area (Å²) in [6.07, 6.45) is 0. The summed E-state index contributed by atoms with van der Waals surface area (Å²) in [4.78, 5) is 0. The Balaban J connectivity index is 2.69. The molecule has 0 amide bonds. The fourth-order valence-electron chi connectivity index (χ4n) is 0.726. The average molecular weight is 183 g/mol. The smallest absolute Gasteiger partial charge is 0.0930 e. The van der Waals surface area contributed by atoms with Gasteiger partial charge < -0.3 is 0 Å². The predicted octanol–water partition coefficient (Wildman–Crippen LogP) is 2.23. The van der Waals surface area contributed by atoms with E-state index < -0.39 is 0 Å². The molecule has 0 bridgehead atoms. The van der Waals surface area contributed by atoms with Crippen LogP contribution in [0.1, 0.15) is 5.56 Å². The number of nitrogens with one attached hydrogen (secondary N) is 1. The van der Waals surface area contributed by atoms with E-state index in [9.17, 15) is 0 Å². The highest BCUT2D eigenvalue weighted by Crippen LogP contribution is 2.09. The second kappa shape index (κ2) is 4.49. The van der Waals surface area contributed by atoms with Crippen molar-refractivity contribution in [1.82, 2.24) is 4.72 Å². The molecule has 0 spiro atoms. The lowest BCUT2D eigenvalue weighted by atomic mass is 10.2. The summed E-state index contributed by atoms with van der Waals surface area (Å²) in [5, 5.41) is 0. The lowest BCUT2D eigenvalue weighted by Gasteiger charge is -1.99. The second-order valence-electron chi connectivity index (χ2n) is 1.96. The molecule has 3 heteroatoms. The summed E-state index contributed by atoms with van der Waals surface area (Å²) in [6.45, 7) is 0. The normalized spacial score (nSPS) is 9.55. The van der Waals surface area contributed by atoms with Crippen LogP contribution in [0.5, 0.6) is 0 Å². The van der Waals surface area contributed by atoms with Gasteiger partial charge in [-0.05, 0) is 19.0 Å². The van der Waals surface area contributed by atoms with Crippen molar-refractivity contribution >= 4 is 28.4 Å². The van der Waals surface area contributed by atoms with Gasteiger partial charge in [0.1, 0.15) is 0 Å². The van der Waals surface area contributed by atoms with Gasteiger partial charge in [-0.15, -0.1) is 0 Å². The molecule has 0 atom stereocenters. The van der Waals surface area contributed by atoms with Crippen LogP contribution in [-0.2, 0) is 0 Å². The molecule has 0 aliphatic rings. The third-order valence-electron chi connectivity index (χ3n) is 1.20. The van der Waals surface area contributed by atoms with Gasteiger partial charge in [0.05, 0.1) is 4.20 Å². The van der Waals surface area contributed by atoms with Crippen molar-refractivity contribution in [2.75, 3.05) is 7.05 Å². The monoisotopic (exact) mass is 183 g/mol. The molecule has 1 nitrogen and oxygen atoms in total. The maximum absolute atomic E-state index is 5.12. The van der Waals surface area contributed by atoms with E-state index in [1.165, 1.54) is 11.9 Å². The standard InChI is InChI=1S/C8H9NS2/c1-9-11-8(10)7-5-3-2-4-6-7/h2-6,9H,1H3. The maximum atomic E-state index is 5.12. The Labute approximate surface area is 76.3 Å². The first kappa shape index (κ1) is 8.71. The largest absolute Gasteiger partial charge is 0.262 e. The Kier molecular flexibility index (Phi) is 3.56. The van der Waals surface area contributed by atoms with Crippen molar-refractivity contribution in [3.63, 3.8) is 0 Å². The zero-order valence-corrected chi connectivity index (χ0v) is 7.84. The third-order valence-corrected chi connectivity index (χ3v) is 2.32. The number of benzene rings is 1. The third kappa shape index (κ3) is 2.61. The highest BCUT2D eigenvalue weighted by molar-refractivity contribution is 8.22. The Morgan fingerprint density at radius 3 is 2.55 bits per heavy atom. The van der Waals surface area contributed by atoms with E-state index in [1.54, 1.807) is 0 Å². The van der Waals surface area contributed by atoms with Crippen molar-refractivity contribution in [2.24, 2.45) is 0 Å². The first-order valence-corrected chi connectivity index (χ1v) is 4.50. The van der Waals surface area contributed by atoms with E-state index in [4.69, 9.17) is 12.2 Å². The van der Waals surface area contributed by atoms with Crippen LogP contribution in [-0.4, -0.2) is 11.2 Å². The summed E-state index contributed by atoms with van der Waals surface area (Å²) in [5.74, 6) is 0. The summed E-state index contributed by atoms with van der Waals surface area (Å²) in [7, 11) is 1.86. The van der Waals surface area contributed by atoms with Gasteiger partial charge in [0.15, 0.2) is 0 Å². The Morgan fingerprint density at radius 1 is 1.36 bits per heavy atom. The molecule has 11 heavy (non-hydrogen) atoms. The molecule has 1 N–H and O–H groups in total. The fraction of sp³-hybridized carbons (Fsp3) is 0.125. The Bertz CT molecular complexity index is 233. The van der Waals surface area contributed by atoms with Crippen LogP contribution in [0.4, 0.5) is 0 Å². The van der Waals surface area contributed by atoms with Crippen LogP contribution in [0.25, 0.3) is 0 Å². The van der Waals surface area contributed by atoms with Crippen LogP contribution in [0, 0.1) is 0 Å². The van der Waals surface area contributed by atoms with Gasteiger partial charge >= 0.3 is 0 Å². The van der Waals surface area contributed by atoms with Gasteiger partial charge in [-0.25, -0.2) is 0 Å². The molecule has 0 aliphatic carbocycles. The molecule has 58 valence electrons. The van der Waals surface area contributed by atoms with Gasteiger partial charge in [0.25, 0.3) is 0 Å². The summed E-state index contributed by atoms with van der Waals surface area (Å²) in [5.41, 5.74) is 1.10. The van der Waals surface area contributed by atoms with E-state index >= 15 is 0 Å². The molecular weight excluding hydrogens is 174 g/mol. The van der Waals surface area contributed by atoms with Gasteiger partial charge in [-0.2, -0.15) is 0 Å². The zero-order chi connectivity index (χ0) is 8.10. The van der Waals surface area contributed by atoms with Crippen molar-refractivity contribution in [2.45, 2.75) is 0 Å². The molecule has 1 aromatic carbocycles. The Morgan fingerprint density at radius 2 is 2.00 bits per heavy atom. The van der Waals surface area contributed by atoms with Crippen molar-refractivity contribution in [3.05, 3.63) is 35.9 Å². The van der Waals surface area contributed by atoms with Crippen LogP contribution in [0.2, 0.25) is 0 Å². The minimum Gasteiger partial charge on any atom is -0.262 e. The first-order chi connectivity index (χ1) is 5.34. The van der Waals surface area contributed by atoms with E-state index in [0.717, 1.165) is 9.76 Å². The SMILES string of the molecule is CNSC(=S)c1ccccc1. The molecule has 0 aromatic heterocycles. The zero-order valence-electron chi connectivity index (χ0n) is 6.20. The number of hydrogen-bond donors (Lipinski definition) is 1. The van der Waals surface area contributed by atoms with E-state index in [-0.39, 0.29) is 0 Å². The van der Waals surface area contributed by atoms with Gasteiger partial charge in [0, 0.05) is 5.56 Å². The number of rotatable bonds is 2. The Hall–Kier alpha value is -0.380. The molecule has 0 aliphatic heterocycles. The van der Waals surface area contributed by atoms with Crippen molar-refractivity contribution < 1.29 is 0 Å². The molecule has 0 radical (unpaired) electrons. The van der Waals surface area contributed by atoms with Crippen LogP contribution in [0.3, 0.4) is 0 Å². The number of hydrogen-bond acceptors (Lipinski definition) is 3. The predicted molar refractivity (Wildman–Crippen MR) is 54.8 cm³/mol. The molecule has 0 saturated heterocycles. The summed E-state index contributed by atoms with van der Waals surface area (Å²) >= 11 is 6.59. The van der Waals surface area contributed by atoms with Crippen molar-refractivity contribution in [1.29, 1.82) is 0 Å². The highest BCUT2D eigenvalue weighted by Gasteiger charge is 1.97. The fourth-order valence-corrected chi connectivity index (χ4v) is 1.55. The minimum absolute atomic E-state index is 0.883. The highest BCUT2D eigenvalue weighted by atomic mass is 32.2. The topological polar surface area (TPSA) is 12.0 Å². The molecule has 0 unspecified atom stereocenters. The molecule has 1 rings (SSSR count). The van der Waals surface area contributed by atoms with Crippen LogP contribution in [0.15, 0.2) is 30.3 Å². The van der Waals surface area contributed by atoms with Gasteiger partial charge in [-0.3, -0.25) is 4.72 Å². The molecule has 1 aromatic rings. The van der Waals surface area contributed by atoms with Gasteiger partial charge in [-0.1, -0.05) is 42.5 Å². The first-order valence-electron chi connectivity index (χ1n) is 3.27. The summed E-state index contributed by atoms with van der Waals surface area (Å²) in [6, 6.07) is 9.96. The van der Waals surface area contributed by atoms with Crippen LogP contribution >= 0.6 is 24.2 Å². The van der Waals surface area contributed by atoms with Gasteiger partial charge in [0.2, 0.25) is 0 Å². The number of thiocarbonyl (C=S) groups is 1. The van der Waals surface area contributed by atoms with Crippen LogP contribution < -0.4 is 4.72 Å². The maximum Gasteiger partial charge on any atom is 0.0930 e. The average Bonchev–Trinajstić information content (AvgIpc) is 2.07. The molecule has 0 fully saturated rings. The quantitative estimate of drug-likeness (QED) is 0.558. The molecular formula is C8H9NS2.